The number of hydrogen-bond acceptors (Lipinski definition) is 8. The summed E-state index contributed by atoms with van der Waals surface area (Å²) in [5.74, 6) is -3.73. The summed E-state index contributed by atoms with van der Waals surface area (Å²) in [6.45, 7) is 1.91. The molecule has 2 fully saturated rings. The van der Waals surface area contributed by atoms with Crippen molar-refractivity contribution in [2.75, 3.05) is 44.3 Å². The standard InChI is InChI=1S/C26H31Cl2F2N3O5.C2HF3O2/c27-17-3-1-16(2-4-17)11-32-7-5-18(6-8-32)31-20-12-33(13-22(20)34)21-10-23(37-14-25(29)30)19(28)9-24(21)38-15-26(35)36;3-2(4,5)1(6)7/h1-4,9-10,18,20,22,25,31,34H,5-8,11-15H2,(H,35,36);(H,6,7)/t20?,22-;/m1./s1. The number of anilines is 1. The predicted octanol–water partition coefficient (Wildman–Crippen LogP) is 4.54. The van der Waals surface area contributed by atoms with Crippen molar-refractivity contribution in [3.05, 3.63) is 52.0 Å². The number of carbonyl (C=O) groups is 2. The summed E-state index contributed by atoms with van der Waals surface area (Å²) >= 11 is 12.2. The number of likely N-dealkylation sites (tertiary alicyclic amines) is 1. The van der Waals surface area contributed by atoms with Gasteiger partial charge < -0.3 is 35.0 Å². The number of β-amino-alcohol motifs (C(OH)–C–C–N with tert-alkyl or cyclic N) is 1. The van der Waals surface area contributed by atoms with Crippen molar-refractivity contribution in [1.82, 2.24) is 10.2 Å². The Kier molecular flexibility index (Phi) is 13.3. The van der Waals surface area contributed by atoms with Crippen LogP contribution in [0.3, 0.4) is 0 Å². The molecule has 2 aromatic carbocycles. The maximum atomic E-state index is 12.7. The number of carboxylic acid groups (broad SMARTS) is 2. The van der Waals surface area contributed by atoms with E-state index in [9.17, 15) is 31.9 Å². The van der Waals surface area contributed by atoms with E-state index in [1.807, 2.05) is 29.2 Å². The fraction of sp³-hybridized carbons (Fsp3) is 0.500. The van der Waals surface area contributed by atoms with Crippen LogP contribution in [-0.2, 0) is 16.1 Å². The molecule has 2 atom stereocenters. The molecule has 0 aliphatic carbocycles. The van der Waals surface area contributed by atoms with Crippen molar-refractivity contribution in [1.29, 1.82) is 0 Å². The van der Waals surface area contributed by atoms with Gasteiger partial charge in [0.25, 0.3) is 6.43 Å². The fourth-order valence-electron chi connectivity index (χ4n) is 4.85. The number of hydrogen-bond donors (Lipinski definition) is 4. The highest BCUT2D eigenvalue weighted by Crippen LogP contribution is 2.40. The molecule has 45 heavy (non-hydrogen) atoms. The Morgan fingerprint density at radius 1 is 1.00 bits per heavy atom. The third-order valence-corrected chi connectivity index (χ3v) is 7.51. The van der Waals surface area contributed by atoms with E-state index in [0.29, 0.717) is 12.2 Å². The molecule has 10 nitrogen and oxygen atoms in total. The lowest BCUT2D eigenvalue weighted by atomic mass is 10.0. The van der Waals surface area contributed by atoms with Crippen molar-refractivity contribution in [3.63, 3.8) is 0 Å². The van der Waals surface area contributed by atoms with Crippen LogP contribution in [0, 0.1) is 0 Å². The Morgan fingerprint density at radius 3 is 2.18 bits per heavy atom. The molecule has 2 heterocycles. The molecule has 4 rings (SSSR count). The number of carboxylic acids is 2. The molecule has 0 aromatic heterocycles. The molecule has 2 aliphatic heterocycles. The van der Waals surface area contributed by atoms with E-state index in [1.54, 1.807) is 0 Å². The predicted molar refractivity (Wildman–Crippen MR) is 155 cm³/mol. The van der Waals surface area contributed by atoms with Gasteiger partial charge in [0, 0.05) is 42.8 Å². The van der Waals surface area contributed by atoms with Gasteiger partial charge in [0.2, 0.25) is 0 Å². The van der Waals surface area contributed by atoms with Crippen molar-refractivity contribution in [2.45, 2.75) is 50.2 Å². The normalized spacial score (nSPS) is 19.3. The number of alkyl halides is 5. The lowest BCUT2D eigenvalue weighted by Crippen LogP contribution is -2.49. The highest BCUT2D eigenvalue weighted by molar-refractivity contribution is 6.32. The van der Waals surface area contributed by atoms with Gasteiger partial charge in [-0.1, -0.05) is 35.3 Å². The lowest BCUT2D eigenvalue weighted by Gasteiger charge is -2.34. The number of nitrogens with zero attached hydrogens (tertiary/aromatic N) is 2. The van der Waals surface area contributed by atoms with Crippen molar-refractivity contribution >= 4 is 40.8 Å². The highest BCUT2D eigenvalue weighted by Gasteiger charge is 2.38. The van der Waals surface area contributed by atoms with E-state index in [1.165, 1.54) is 17.7 Å². The van der Waals surface area contributed by atoms with Crippen LogP contribution in [0.5, 0.6) is 11.5 Å². The maximum absolute atomic E-state index is 12.7. The smallest absolute Gasteiger partial charge is 0.486 e. The van der Waals surface area contributed by atoms with Gasteiger partial charge in [-0.2, -0.15) is 13.2 Å². The number of piperidine rings is 1. The summed E-state index contributed by atoms with van der Waals surface area (Å²) in [5.41, 5.74) is 1.63. The zero-order valence-electron chi connectivity index (χ0n) is 23.7. The number of nitrogens with one attached hydrogen (secondary N) is 1. The van der Waals surface area contributed by atoms with E-state index in [2.05, 4.69) is 10.2 Å². The zero-order valence-corrected chi connectivity index (χ0v) is 25.2. The van der Waals surface area contributed by atoms with Gasteiger partial charge >= 0.3 is 18.1 Å². The molecule has 0 radical (unpaired) electrons. The molecule has 0 bridgehead atoms. The minimum Gasteiger partial charge on any atom is -0.486 e. The topological polar surface area (TPSA) is 132 Å². The Balaban J connectivity index is 0.000000707. The van der Waals surface area contributed by atoms with E-state index in [4.69, 9.17) is 47.7 Å². The first-order valence-corrected chi connectivity index (χ1v) is 14.4. The van der Waals surface area contributed by atoms with Crippen molar-refractivity contribution < 1.29 is 56.3 Å². The number of aliphatic carboxylic acids is 2. The molecule has 17 heteroatoms. The summed E-state index contributed by atoms with van der Waals surface area (Å²) in [6, 6.07) is 10.6. The second-order valence-electron chi connectivity index (χ2n) is 10.4. The summed E-state index contributed by atoms with van der Waals surface area (Å²) in [4.78, 5) is 24.2. The number of ether oxygens (including phenoxy) is 2. The summed E-state index contributed by atoms with van der Waals surface area (Å²) in [6.07, 6.45) is -6.61. The number of benzene rings is 2. The third kappa shape index (κ3) is 11.6. The summed E-state index contributed by atoms with van der Waals surface area (Å²) in [5, 5.41) is 31.3. The maximum Gasteiger partial charge on any atom is 0.490 e. The van der Waals surface area contributed by atoms with E-state index in [0.717, 1.165) is 37.5 Å². The molecule has 1 unspecified atom stereocenters. The fourth-order valence-corrected chi connectivity index (χ4v) is 5.18. The van der Waals surface area contributed by atoms with Gasteiger partial charge in [-0.3, -0.25) is 4.90 Å². The average molecular weight is 688 g/mol. The molecule has 2 saturated heterocycles. The van der Waals surface area contributed by atoms with E-state index in [-0.39, 0.29) is 35.2 Å². The Labute approximate surface area is 265 Å². The van der Waals surface area contributed by atoms with Crippen LogP contribution in [0.25, 0.3) is 0 Å². The summed E-state index contributed by atoms with van der Waals surface area (Å²) in [7, 11) is 0. The Hall–Kier alpha value is -3.11. The molecular weight excluding hydrogens is 656 g/mol. The second-order valence-corrected chi connectivity index (χ2v) is 11.2. The molecule has 4 N–H and O–H groups in total. The van der Waals surface area contributed by atoms with Gasteiger partial charge in [-0.05, 0) is 43.6 Å². The molecular formula is C28H32Cl2F5N3O7. The number of halogens is 7. The van der Waals surface area contributed by atoms with Crippen molar-refractivity contribution in [2.24, 2.45) is 0 Å². The van der Waals surface area contributed by atoms with Gasteiger partial charge in [-0.25, -0.2) is 18.4 Å². The van der Waals surface area contributed by atoms with Crippen LogP contribution in [0.1, 0.15) is 18.4 Å². The van der Waals surface area contributed by atoms with E-state index < -0.39 is 43.9 Å². The largest absolute Gasteiger partial charge is 0.490 e. The van der Waals surface area contributed by atoms with Crippen LogP contribution in [0.4, 0.5) is 27.6 Å². The lowest BCUT2D eigenvalue weighted by molar-refractivity contribution is -0.192. The first kappa shape index (κ1) is 36.4. The molecule has 0 spiro atoms. The quantitative estimate of drug-likeness (QED) is 0.250. The van der Waals surface area contributed by atoms with Crippen LogP contribution < -0.4 is 19.7 Å². The molecule has 250 valence electrons. The minimum absolute atomic E-state index is 0.0227. The van der Waals surface area contributed by atoms with Crippen LogP contribution in [0.2, 0.25) is 10.0 Å². The SMILES string of the molecule is O=C(O)C(F)(F)F.O=C(O)COc1cc(Cl)c(OCC(F)F)cc1N1CC(NC2CCN(Cc3ccc(Cl)cc3)CC2)[C@H](O)C1. The first-order chi connectivity index (χ1) is 21.1. The molecule has 2 aliphatic rings. The third-order valence-electron chi connectivity index (χ3n) is 6.96. The second kappa shape index (κ2) is 16.5. The van der Waals surface area contributed by atoms with Gasteiger partial charge in [-0.15, -0.1) is 0 Å². The van der Waals surface area contributed by atoms with Crippen molar-refractivity contribution in [3.8, 4) is 11.5 Å². The monoisotopic (exact) mass is 687 g/mol. The highest BCUT2D eigenvalue weighted by atomic mass is 35.5. The molecule has 0 saturated carbocycles. The average Bonchev–Trinajstić information content (AvgIpc) is 3.32. The van der Waals surface area contributed by atoms with Gasteiger partial charge in [0.15, 0.2) is 6.61 Å². The molecule has 0 amide bonds. The Bertz CT molecular complexity index is 1280. The van der Waals surface area contributed by atoms with Crippen LogP contribution in [-0.4, -0.2) is 102 Å². The van der Waals surface area contributed by atoms with E-state index >= 15 is 0 Å². The first-order valence-electron chi connectivity index (χ1n) is 13.7. The van der Waals surface area contributed by atoms with Crippen LogP contribution in [0.15, 0.2) is 36.4 Å². The van der Waals surface area contributed by atoms with Gasteiger partial charge in [0.1, 0.15) is 18.1 Å². The minimum atomic E-state index is -5.08. The zero-order chi connectivity index (χ0) is 33.3. The summed E-state index contributed by atoms with van der Waals surface area (Å²) < 4.78 is 67.7. The number of aliphatic hydroxyl groups excluding tert-OH is 1. The molecule has 2 aromatic rings. The van der Waals surface area contributed by atoms with Gasteiger partial charge in [0.05, 0.1) is 22.9 Å². The number of aliphatic hydroxyl groups is 1. The van der Waals surface area contributed by atoms with Crippen LogP contribution >= 0.6 is 23.2 Å². The Morgan fingerprint density at radius 2 is 1.62 bits per heavy atom. The number of rotatable bonds is 11.